The van der Waals surface area contributed by atoms with E-state index < -0.39 is 46.0 Å². The van der Waals surface area contributed by atoms with Crippen molar-refractivity contribution in [1.29, 1.82) is 0 Å². The number of aryl methyl sites for hydroxylation is 2. The molecule has 2 aromatic rings. The van der Waals surface area contributed by atoms with Crippen LogP contribution < -0.4 is 10.0 Å². The van der Waals surface area contributed by atoms with E-state index in [0.717, 1.165) is 60.8 Å². The van der Waals surface area contributed by atoms with Crippen LogP contribution in [0.25, 0.3) is 0 Å². The highest BCUT2D eigenvalue weighted by Gasteiger charge is 2.28. The Bertz CT molecular complexity index is 1200. The van der Waals surface area contributed by atoms with Crippen LogP contribution in [0.15, 0.2) is 27.9 Å². The van der Waals surface area contributed by atoms with Crippen molar-refractivity contribution < 1.29 is 31.0 Å². The fraction of sp³-hybridized carbons (Fsp3) is 0.450. The van der Waals surface area contributed by atoms with Gasteiger partial charge in [-0.1, -0.05) is 6.07 Å². The molecule has 0 fully saturated rings. The predicted molar refractivity (Wildman–Crippen MR) is 104 cm³/mol. The quantitative estimate of drug-likeness (QED) is 0.718. The number of sulfonamides is 1. The molecule has 7 nitrogen and oxygen atoms in total. The molecule has 1 heterocycles. The molecule has 2 aliphatic rings. The zero-order chi connectivity index (χ0) is 25.1. The van der Waals surface area contributed by atoms with Gasteiger partial charge in [0.1, 0.15) is 0 Å². The molecular weight excluding hydrogens is 380 g/mol. The van der Waals surface area contributed by atoms with Crippen LogP contribution >= 0.6 is 0 Å². The molecule has 0 aliphatic heterocycles. The lowest BCUT2D eigenvalue weighted by Crippen LogP contribution is -2.34. The zero-order valence-electron chi connectivity index (χ0n) is 21.0. The Balaban J connectivity index is 1.59. The fourth-order valence-electron chi connectivity index (χ4n) is 3.93. The van der Waals surface area contributed by atoms with Crippen LogP contribution in [-0.2, 0) is 41.3 Å². The van der Waals surface area contributed by atoms with E-state index in [-0.39, 0.29) is 0 Å². The number of anilines is 1. The number of urea groups is 1. The van der Waals surface area contributed by atoms with Gasteiger partial charge in [-0.2, -0.15) is 8.42 Å². The van der Waals surface area contributed by atoms with Gasteiger partial charge in [0.15, 0.2) is 0 Å². The summed E-state index contributed by atoms with van der Waals surface area (Å²) in [6, 6.07) is 1.72. The van der Waals surface area contributed by atoms with Gasteiger partial charge in [0.05, 0.1) is 11.9 Å². The highest BCUT2D eigenvalue weighted by Crippen LogP contribution is 2.38. The maximum absolute atomic E-state index is 12.7. The first kappa shape index (κ1) is 13.0. The summed E-state index contributed by atoms with van der Waals surface area (Å²) in [5.74, 6) is 0. The Morgan fingerprint density at radius 2 is 1.79 bits per heavy atom. The van der Waals surface area contributed by atoms with Crippen LogP contribution in [0.3, 0.4) is 0 Å². The number of hydrogen-bond donors (Lipinski definition) is 3. The highest BCUT2D eigenvalue weighted by molar-refractivity contribution is 7.89. The van der Waals surface area contributed by atoms with Gasteiger partial charge >= 0.3 is 6.03 Å². The van der Waals surface area contributed by atoms with E-state index in [9.17, 15) is 18.3 Å². The Hall–Kier alpha value is -2.32. The second-order valence-electron chi connectivity index (χ2n) is 7.16. The molecule has 150 valence electrons. The predicted octanol–water partition coefficient (Wildman–Crippen LogP) is 2.99. The third kappa shape index (κ3) is 3.42. The SMILES string of the molecule is [2H]C([2H])([2H])C(O)(c1coc(S(=O)(=O)NC(=O)Nc2c3c(cc4c2CCC4)CCC3)c1)C([2H])([2H])[2H]. The average molecular weight is 411 g/mol. The highest BCUT2D eigenvalue weighted by atomic mass is 32.2. The van der Waals surface area contributed by atoms with Crippen LogP contribution in [0.5, 0.6) is 0 Å². The molecule has 0 saturated carbocycles. The summed E-state index contributed by atoms with van der Waals surface area (Å²) in [5, 5.41) is 12.3. The molecule has 0 unspecified atom stereocenters. The summed E-state index contributed by atoms with van der Waals surface area (Å²) in [6.45, 7) is -6.83. The minimum atomic E-state index is -4.65. The molecule has 3 N–H and O–H groups in total. The van der Waals surface area contributed by atoms with Gasteiger partial charge in [0.2, 0.25) is 5.09 Å². The van der Waals surface area contributed by atoms with Gasteiger partial charge in [-0.15, -0.1) is 0 Å². The smallest absolute Gasteiger partial charge is 0.333 e. The molecule has 4 rings (SSSR count). The van der Waals surface area contributed by atoms with Gasteiger partial charge in [0, 0.05) is 25.5 Å². The van der Waals surface area contributed by atoms with Crippen molar-refractivity contribution in [3.05, 3.63) is 46.2 Å². The molecule has 1 aromatic heterocycles. The number of amides is 2. The monoisotopic (exact) mass is 410 g/mol. The van der Waals surface area contributed by atoms with Gasteiger partial charge < -0.3 is 14.8 Å². The van der Waals surface area contributed by atoms with E-state index in [2.05, 4.69) is 11.4 Å². The van der Waals surface area contributed by atoms with E-state index in [1.807, 2.05) is 4.72 Å². The van der Waals surface area contributed by atoms with Crippen molar-refractivity contribution in [3.8, 4) is 0 Å². The number of rotatable bonds is 4. The first-order valence-corrected chi connectivity index (χ1v) is 10.4. The minimum absolute atomic E-state index is 0.544. The summed E-state index contributed by atoms with van der Waals surface area (Å²) in [5.41, 5.74) is 0.750. The fourth-order valence-corrected chi connectivity index (χ4v) is 4.78. The molecule has 2 aliphatic carbocycles. The molecule has 28 heavy (non-hydrogen) atoms. The molecule has 2 amide bonds. The average Bonchev–Trinajstić information content (AvgIpc) is 3.44. The van der Waals surface area contributed by atoms with Gasteiger partial charge in [0.25, 0.3) is 10.0 Å². The molecule has 0 atom stereocenters. The number of hydrogen-bond acceptors (Lipinski definition) is 5. The second kappa shape index (κ2) is 6.63. The number of aliphatic hydroxyl groups is 1. The van der Waals surface area contributed by atoms with E-state index in [4.69, 9.17) is 12.6 Å². The Kier molecular flexibility index (Phi) is 3.08. The number of furan rings is 1. The normalized spacial score (nSPS) is 20.0. The largest absolute Gasteiger partial charge is 0.451 e. The number of carbonyl (C=O) groups excluding carboxylic acids is 1. The lowest BCUT2D eigenvalue weighted by molar-refractivity contribution is 0.0779. The van der Waals surface area contributed by atoms with Crippen LogP contribution in [-0.4, -0.2) is 19.6 Å². The summed E-state index contributed by atoms with van der Waals surface area (Å²) in [4.78, 5) is 12.7. The second-order valence-corrected chi connectivity index (χ2v) is 8.77. The molecule has 0 radical (unpaired) electrons. The molecule has 0 spiro atoms. The van der Waals surface area contributed by atoms with Crippen molar-refractivity contribution >= 4 is 21.7 Å². The van der Waals surface area contributed by atoms with Crippen molar-refractivity contribution in [3.63, 3.8) is 0 Å². The maximum atomic E-state index is 12.7. The van der Waals surface area contributed by atoms with Crippen molar-refractivity contribution in [2.24, 2.45) is 0 Å². The van der Waals surface area contributed by atoms with E-state index in [1.165, 1.54) is 0 Å². The number of carbonyl (C=O) groups is 1. The number of fused-ring (bicyclic) bond motifs is 2. The molecule has 0 bridgehead atoms. The summed E-state index contributed by atoms with van der Waals surface area (Å²) in [6.07, 6.45) is 5.76. The maximum Gasteiger partial charge on any atom is 0.333 e. The molecule has 8 heteroatoms. The lowest BCUT2D eigenvalue weighted by atomic mass is 9.99. The van der Waals surface area contributed by atoms with Gasteiger partial charge in [-0.25, -0.2) is 9.52 Å². The van der Waals surface area contributed by atoms with Gasteiger partial charge in [-0.3, -0.25) is 0 Å². The standard InChI is InChI=1S/C20H24N2O5S/c1-20(2,24)14-10-17(27-11-14)28(25,26)22-19(23)21-18-15-7-3-5-12(15)9-13-6-4-8-16(13)18/h9-11,24H,3-8H2,1-2H3,(H2,21,22,23)/i1D3,2D3. The first-order valence-electron chi connectivity index (χ1n) is 12.0. The minimum Gasteiger partial charge on any atom is -0.451 e. The third-order valence-electron chi connectivity index (χ3n) is 5.20. The first-order chi connectivity index (χ1) is 15.6. The van der Waals surface area contributed by atoms with Crippen LogP contribution in [0.2, 0.25) is 0 Å². The molecule has 1 aromatic carbocycles. The van der Waals surface area contributed by atoms with Crippen LogP contribution in [0, 0.1) is 0 Å². The van der Waals surface area contributed by atoms with Crippen LogP contribution in [0.1, 0.15) is 62.6 Å². The van der Waals surface area contributed by atoms with E-state index >= 15 is 0 Å². The summed E-state index contributed by atoms with van der Waals surface area (Å²) < 4.78 is 76.8. The van der Waals surface area contributed by atoms with Crippen LogP contribution in [0.4, 0.5) is 10.5 Å². The van der Waals surface area contributed by atoms with E-state index in [0.29, 0.717) is 18.0 Å². The zero-order valence-corrected chi connectivity index (χ0v) is 15.8. The Labute approximate surface area is 172 Å². The Morgan fingerprint density at radius 3 is 2.39 bits per heavy atom. The van der Waals surface area contributed by atoms with E-state index in [1.54, 1.807) is 0 Å². The molecule has 0 saturated heterocycles. The Morgan fingerprint density at radius 1 is 1.14 bits per heavy atom. The molecular formula is C20H24N2O5S. The van der Waals surface area contributed by atoms with Gasteiger partial charge in [-0.05, 0) is 74.5 Å². The number of nitrogens with one attached hydrogen (secondary N) is 2. The third-order valence-corrected chi connectivity index (χ3v) is 6.39. The summed E-state index contributed by atoms with van der Waals surface area (Å²) >= 11 is 0. The topological polar surface area (TPSA) is 109 Å². The van der Waals surface area contributed by atoms with Crippen molar-refractivity contribution in [2.75, 3.05) is 5.32 Å². The summed E-state index contributed by atoms with van der Waals surface area (Å²) in [7, 11) is -4.65. The number of benzene rings is 1. The van der Waals surface area contributed by atoms with Crippen molar-refractivity contribution in [1.82, 2.24) is 4.72 Å². The lowest BCUT2D eigenvalue weighted by Gasteiger charge is -2.16. The van der Waals surface area contributed by atoms with Crippen molar-refractivity contribution in [2.45, 2.75) is 62.9 Å².